The second-order valence-corrected chi connectivity index (χ2v) is 7.51. The highest BCUT2D eigenvalue weighted by atomic mass is 16.5. The second-order valence-electron chi connectivity index (χ2n) is 7.51. The van der Waals surface area contributed by atoms with Crippen LogP contribution in [0.1, 0.15) is 43.2 Å². The van der Waals surface area contributed by atoms with Gasteiger partial charge in [0.05, 0.1) is 19.8 Å². The van der Waals surface area contributed by atoms with Crippen LogP contribution in [0.25, 0.3) is 0 Å². The number of rotatable bonds is 10. The molecule has 0 amide bonds. The molecule has 2 aromatic heterocycles. The smallest absolute Gasteiger partial charge is 0.217 e. The third-order valence-corrected chi connectivity index (χ3v) is 5.49. The van der Waals surface area contributed by atoms with Crippen LogP contribution in [0.2, 0.25) is 0 Å². The van der Waals surface area contributed by atoms with Crippen molar-refractivity contribution in [2.75, 3.05) is 26.8 Å². The highest BCUT2D eigenvalue weighted by Crippen LogP contribution is 2.26. The lowest BCUT2D eigenvalue weighted by atomic mass is 9.90. The summed E-state index contributed by atoms with van der Waals surface area (Å²) in [6.45, 7) is 3.65. The molecule has 0 bridgehead atoms. The Hall–Kier alpha value is -2.65. The Labute approximate surface area is 173 Å². The molecule has 3 rings (SSSR count). The molecular weight excluding hydrogens is 364 g/mol. The van der Waals surface area contributed by atoms with E-state index in [4.69, 9.17) is 14.7 Å². The van der Waals surface area contributed by atoms with E-state index in [1.165, 1.54) is 18.4 Å². The first-order valence-electron chi connectivity index (χ1n) is 10.4. The summed E-state index contributed by atoms with van der Waals surface area (Å²) in [5, 5.41) is 8.64. The van der Waals surface area contributed by atoms with Crippen molar-refractivity contribution < 1.29 is 9.47 Å². The van der Waals surface area contributed by atoms with E-state index in [0.29, 0.717) is 13.0 Å². The normalized spacial score (nSPS) is 15.0. The van der Waals surface area contributed by atoms with Gasteiger partial charge in [-0.05, 0) is 63.2 Å². The van der Waals surface area contributed by atoms with Crippen LogP contribution < -0.4 is 9.47 Å². The predicted octanol–water partition coefficient (Wildman–Crippen LogP) is 4.01. The van der Waals surface area contributed by atoms with E-state index in [1.807, 2.05) is 12.1 Å². The lowest BCUT2D eigenvalue weighted by molar-refractivity contribution is 0.170. The zero-order valence-electron chi connectivity index (χ0n) is 17.2. The largest absolute Gasteiger partial charge is 0.481 e. The molecule has 0 N–H and O–H groups in total. The lowest BCUT2D eigenvalue weighted by Crippen LogP contribution is -2.33. The minimum absolute atomic E-state index is 0.520. The number of aryl methyl sites for hydroxylation is 1. The Bertz CT molecular complexity index is 797. The van der Waals surface area contributed by atoms with E-state index in [9.17, 15) is 0 Å². The Morgan fingerprint density at radius 2 is 1.83 bits per heavy atom. The summed E-state index contributed by atoms with van der Waals surface area (Å²) in [4.78, 5) is 11.2. The Morgan fingerprint density at radius 1 is 1.10 bits per heavy atom. The van der Waals surface area contributed by atoms with Gasteiger partial charge in [-0.1, -0.05) is 12.1 Å². The number of methoxy groups -OCH3 is 1. The number of nitrogens with zero attached hydrogens (tertiary/aromatic N) is 4. The number of pyridine rings is 2. The summed E-state index contributed by atoms with van der Waals surface area (Å²) in [5.74, 6) is 2.19. The van der Waals surface area contributed by atoms with Crippen LogP contribution in [0.3, 0.4) is 0 Å². The SMILES string of the molecule is COc1ncccc1CN1CCC(CCc2cccnc2OCCCC#N)CC1. The molecule has 6 heteroatoms. The standard InChI is InChI=1S/C23H30N4O2/c1-28-22-21(7-5-13-25-22)18-27-15-10-19(11-16-27)8-9-20-6-4-14-26-23(20)29-17-3-2-12-24/h4-7,13-14,19H,2-3,8-11,15-18H2,1H3. The number of likely N-dealkylation sites (tertiary alicyclic amines) is 1. The van der Waals surface area contributed by atoms with Gasteiger partial charge in [-0.15, -0.1) is 0 Å². The topological polar surface area (TPSA) is 71.3 Å². The molecule has 29 heavy (non-hydrogen) atoms. The molecule has 0 spiro atoms. The predicted molar refractivity (Wildman–Crippen MR) is 112 cm³/mol. The number of ether oxygens (including phenoxy) is 2. The van der Waals surface area contributed by atoms with Crippen molar-refractivity contribution in [1.82, 2.24) is 14.9 Å². The Balaban J connectivity index is 1.44. The molecule has 0 aromatic carbocycles. The highest BCUT2D eigenvalue weighted by molar-refractivity contribution is 5.26. The van der Waals surface area contributed by atoms with Crippen molar-refractivity contribution in [3.63, 3.8) is 0 Å². The summed E-state index contributed by atoms with van der Waals surface area (Å²) in [6, 6.07) is 10.3. The van der Waals surface area contributed by atoms with Gasteiger partial charge in [0, 0.05) is 36.5 Å². The number of aromatic nitrogens is 2. The first-order valence-corrected chi connectivity index (χ1v) is 10.4. The van der Waals surface area contributed by atoms with Gasteiger partial charge in [-0.2, -0.15) is 5.26 Å². The maximum atomic E-state index is 8.64. The molecule has 1 aliphatic rings. The van der Waals surface area contributed by atoms with E-state index in [1.54, 1.807) is 19.5 Å². The fraction of sp³-hybridized carbons (Fsp3) is 0.522. The third-order valence-electron chi connectivity index (χ3n) is 5.49. The van der Waals surface area contributed by atoms with Crippen molar-refractivity contribution in [3.05, 3.63) is 47.8 Å². The molecule has 3 heterocycles. The number of hydrogen-bond acceptors (Lipinski definition) is 6. The molecule has 0 unspecified atom stereocenters. The molecule has 1 fully saturated rings. The molecule has 6 nitrogen and oxygen atoms in total. The molecule has 2 aromatic rings. The zero-order chi connectivity index (χ0) is 20.3. The molecule has 154 valence electrons. The van der Waals surface area contributed by atoms with Gasteiger partial charge in [-0.25, -0.2) is 9.97 Å². The van der Waals surface area contributed by atoms with Crippen molar-refractivity contribution >= 4 is 0 Å². The molecule has 0 aliphatic carbocycles. The fourth-order valence-corrected chi connectivity index (χ4v) is 3.83. The van der Waals surface area contributed by atoms with Gasteiger partial charge in [0.15, 0.2) is 0 Å². The minimum atomic E-state index is 0.520. The number of unbranched alkanes of at least 4 members (excludes halogenated alkanes) is 1. The maximum absolute atomic E-state index is 8.64. The minimum Gasteiger partial charge on any atom is -0.481 e. The number of nitriles is 1. The lowest BCUT2D eigenvalue weighted by Gasteiger charge is -2.32. The monoisotopic (exact) mass is 394 g/mol. The van der Waals surface area contributed by atoms with Crippen LogP contribution in [0.5, 0.6) is 11.8 Å². The average Bonchev–Trinajstić information content (AvgIpc) is 2.77. The van der Waals surface area contributed by atoms with Crippen molar-refractivity contribution in [2.24, 2.45) is 5.92 Å². The van der Waals surface area contributed by atoms with Gasteiger partial charge in [-0.3, -0.25) is 4.90 Å². The summed E-state index contributed by atoms with van der Waals surface area (Å²) < 4.78 is 11.2. The zero-order valence-corrected chi connectivity index (χ0v) is 17.2. The van der Waals surface area contributed by atoms with Gasteiger partial charge in [0.2, 0.25) is 11.8 Å². The van der Waals surface area contributed by atoms with Crippen molar-refractivity contribution in [2.45, 2.75) is 45.1 Å². The first-order chi connectivity index (χ1) is 14.3. The highest BCUT2D eigenvalue weighted by Gasteiger charge is 2.21. The van der Waals surface area contributed by atoms with Gasteiger partial charge in [0.1, 0.15) is 0 Å². The van der Waals surface area contributed by atoms with E-state index >= 15 is 0 Å². The molecule has 0 saturated carbocycles. The summed E-state index contributed by atoms with van der Waals surface area (Å²) >= 11 is 0. The van der Waals surface area contributed by atoms with Gasteiger partial charge < -0.3 is 9.47 Å². The maximum Gasteiger partial charge on any atom is 0.217 e. The number of piperidine rings is 1. The molecule has 1 aliphatic heterocycles. The van der Waals surface area contributed by atoms with Gasteiger partial charge >= 0.3 is 0 Å². The van der Waals surface area contributed by atoms with E-state index < -0.39 is 0 Å². The fourth-order valence-electron chi connectivity index (χ4n) is 3.83. The summed E-state index contributed by atoms with van der Waals surface area (Å²) in [5.41, 5.74) is 2.33. The molecule has 1 saturated heterocycles. The van der Waals surface area contributed by atoms with E-state index in [0.717, 1.165) is 62.1 Å². The average molecular weight is 395 g/mol. The Kier molecular flexibility index (Phi) is 8.26. The van der Waals surface area contributed by atoms with Crippen LogP contribution in [-0.4, -0.2) is 41.7 Å². The van der Waals surface area contributed by atoms with Crippen molar-refractivity contribution in [1.29, 1.82) is 5.26 Å². The third kappa shape index (κ3) is 6.43. The summed E-state index contributed by atoms with van der Waals surface area (Å²) in [7, 11) is 1.68. The molecule has 0 radical (unpaired) electrons. The quantitative estimate of drug-likeness (QED) is 0.567. The summed E-state index contributed by atoms with van der Waals surface area (Å²) in [6.07, 6.45) is 9.37. The Morgan fingerprint density at radius 3 is 2.55 bits per heavy atom. The van der Waals surface area contributed by atoms with Crippen LogP contribution >= 0.6 is 0 Å². The number of hydrogen-bond donors (Lipinski definition) is 0. The van der Waals surface area contributed by atoms with E-state index in [-0.39, 0.29) is 0 Å². The van der Waals surface area contributed by atoms with Crippen molar-refractivity contribution in [3.8, 4) is 17.8 Å². The molecule has 0 atom stereocenters. The first kappa shape index (κ1) is 21.1. The van der Waals surface area contributed by atoms with Crippen LogP contribution in [-0.2, 0) is 13.0 Å². The van der Waals surface area contributed by atoms with Crippen LogP contribution in [0.4, 0.5) is 0 Å². The van der Waals surface area contributed by atoms with Crippen LogP contribution in [0.15, 0.2) is 36.7 Å². The second kappa shape index (κ2) is 11.4. The van der Waals surface area contributed by atoms with Gasteiger partial charge in [0.25, 0.3) is 0 Å². The van der Waals surface area contributed by atoms with Crippen LogP contribution in [0, 0.1) is 17.2 Å². The van der Waals surface area contributed by atoms with E-state index in [2.05, 4.69) is 33.1 Å². The molecular formula is C23H30N4O2.